The lowest BCUT2D eigenvalue weighted by Gasteiger charge is -2.12. The van der Waals surface area contributed by atoms with Gasteiger partial charge in [-0.15, -0.1) is 0 Å². The van der Waals surface area contributed by atoms with Gasteiger partial charge in [0.1, 0.15) is 0 Å². The highest BCUT2D eigenvalue weighted by Crippen LogP contribution is 2.33. The molecule has 0 fully saturated rings. The molecule has 0 saturated carbocycles. The fourth-order valence-corrected chi connectivity index (χ4v) is 0.968. The molecule has 0 saturated heterocycles. The quantitative estimate of drug-likeness (QED) is 0.828. The zero-order valence-corrected chi connectivity index (χ0v) is 7.93. The molecule has 1 rings (SSSR count). The molecule has 82 valence electrons. The molecule has 6 heteroatoms. The lowest BCUT2D eigenvalue weighted by Crippen LogP contribution is -2.15. The Kier molecular flexibility index (Phi) is 3.28. The van der Waals surface area contributed by atoms with Crippen molar-refractivity contribution in [2.45, 2.75) is 19.5 Å². The summed E-state index contributed by atoms with van der Waals surface area (Å²) in [7, 11) is 0. The summed E-state index contributed by atoms with van der Waals surface area (Å²) in [5.74, 6) is -0.466. The Morgan fingerprint density at radius 3 is 2.73 bits per heavy atom. The minimum Gasteiger partial charge on any atom is -0.325 e. The van der Waals surface area contributed by atoms with Crippen molar-refractivity contribution in [3.8, 4) is 0 Å². The van der Waals surface area contributed by atoms with E-state index in [-0.39, 0.29) is 12.1 Å². The van der Waals surface area contributed by atoms with E-state index in [1.165, 1.54) is 6.20 Å². The SMILES string of the molecule is CCC(=O)Nc1ccncc1C(F)(F)F. The van der Waals surface area contributed by atoms with Crippen LogP contribution >= 0.6 is 0 Å². The average Bonchev–Trinajstić information content (AvgIpc) is 2.17. The minimum atomic E-state index is -4.51. The molecule has 0 aliphatic carbocycles. The van der Waals surface area contributed by atoms with E-state index in [9.17, 15) is 18.0 Å². The highest BCUT2D eigenvalue weighted by molar-refractivity contribution is 5.91. The highest BCUT2D eigenvalue weighted by atomic mass is 19.4. The second-order valence-electron chi connectivity index (χ2n) is 2.82. The molecular weight excluding hydrogens is 209 g/mol. The maximum atomic E-state index is 12.4. The van der Waals surface area contributed by atoms with Crippen LogP contribution < -0.4 is 5.32 Å². The number of alkyl halides is 3. The summed E-state index contributed by atoms with van der Waals surface area (Å²) < 4.78 is 37.2. The average molecular weight is 218 g/mol. The maximum Gasteiger partial charge on any atom is 0.419 e. The lowest BCUT2D eigenvalue weighted by molar-refractivity contribution is -0.137. The molecule has 0 atom stereocenters. The largest absolute Gasteiger partial charge is 0.419 e. The fourth-order valence-electron chi connectivity index (χ4n) is 0.968. The maximum absolute atomic E-state index is 12.4. The second-order valence-corrected chi connectivity index (χ2v) is 2.82. The van der Waals surface area contributed by atoms with E-state index in [1.54, 1.807) is 6.92 Å². The number of anilines is 1. The Balaban J connectivity index is 3.02. The van der Waals surface area contributed by atoms with Crippen LogP contribution in [0.4, 0.5) is 18.9 Å². The lowest BCUT2D eigenvalue weighted by atomic mass is 10.2. The van der Waals surface area contributed by atoms with Crippen LogP contribution in [-0.2, 0) is 11.0 Å². The van der Waals surface area contributed by atoms with Gasteiger partial charge >= 0.3 is 6.18 Å². The topological polar surface area (TPSA) is 42.0 Å². The summed E-state index contributed by atoms with van der Waals surface area (Å²) in [6.45, 7) is 1.56. The van der Waals surface area contributed by atoms with Crippen LogP contribution in [-0.4, -0.2) is 10.9 Å². The van der Waals surface area contributed by atoms with Gasteiger partial charge in [-0.25, -0.2) is 0 Å². The number of pyridine rings is 1. The van der Waals surface area contributed by atoms with E-state index in [0.717, 1.165) is 6.07 Å². The van der Waals surface area contributed by atoms with Crippen molar-refractivity contribution < 1.29 is 18.0 Å². The minimum absolute atomic E-state index is 0.125. The summed E-state index contributed by atoms with van der Waals surface area (Å²) in [5.41, 5.74) is -1.20. The molecule has 0 aliphatic rings. The Bertz CT molecular complexity index is 363. The number of carbonyl (C=O) groups excluding carboxylic acids is 1. The van der Waals surface area contributed by atoms with Crippen molar-refractivity contribution in [3.63, 3.8) is 0 Å². The molecule has 0 spiro atoms. The summed E-state index contributed by atoms with van der Waals surface area (Å²) in [5, 5.41) is 2.17. The van der Waals surface area contributed by atoms with Gasteiger partial charge in [-0.05, 0) is 6.07 Å². The third-order valence-electron chi connectivity index (χ3n) is 1.72. The van der Waals surface area contributed by atoms with Crippen molar-refractivity contribution in [1.29, 1.82) is 0 Å². The van der Waals surface area contributed by atoms with Crippen LogP contribution in [0.3, 0.4) is 0 Å². The van der Waals surface area contributed by atoms with Crippen LogP contribution in [0.2, 0.25) is 0 Å². The molecule has 1 aromatic heterocycles. The van der Waals surface area contributed by atoms with Gasteiger partial charge in [-0.2, -0.15) is 13.2 Å². The molecule has 0 radical (unpaired) electrons. The standard InChI is InChI=1S/C9H9F3N2O/c1-2-8(15)14-7-3-4-13-5-6(7)9(10,11)12/h3-5H,2H2,1H3,(H,13,14,15). The number of amides is 1. The van der Waals surface area contributed by atoms with Gasteiger partial charge in [-0.3, -0.25) is 9.78 Å². The van der Waals surface area contributed by atoms with Crippen LogP contribution in [0.5, 0.6) is 0 Å². The predicted octanol–water partition coefficient (Wildman–Crippen LogP) is 2.45. The molecule has 1 heterocycles. The van der Waals surface area contributed by atoms with E-state index in [0.29, 0.717) is 6.20 Å². The van der Waals surface area contributed by atoms with E-state index in [4.69, 9.17) is 0 Å². The third kappa shape index (κ3) is 2.93. The Labute approximate surface area is 84.3 Å². The van der Waals surface area contributed by atoms with E-state index in [1.807, 2.05) is 0 Å². The van der Waals surface area contributed by atoms with Crippen LogP contribution in [0.15, 0.2) is 18.5 Å². The first-order valence-electron chi connectivity index (χ1n) is 4.26. The van der Waals surface area contributed by atoms with Gasteiger partial charge in [0.05, 0.1) is 11.3 Å². The van der Waals surface area contributed by atoms with Gasteiger partial charge in [0, 0.05) is 18.8 Å². The fraction of sp³-hybridized carbons (Fsp3) is 0.333. The smallest absolute Gasteiger partial charge is 0.325 e. The number of hydrogen-bond donors (Lipinski definition) is 1. The molecule has 15 heavy (non-hydrogen) atoms. The molecule has 3 nitrogen and oxygen atoms in total. The number of hydrogen-bond acceptors (Lipinski definition) is 2. The summed E-state index contributed by atoms with van der Waals surface area (Å²) in [4.78, 5) is 14.3. The Morgan fingerprint density at radius 2 is 2.20 bits per heavy atom. The number of nitrogens with zero attached hydrogens (tertiary/aromatic N) is 1. The third-order valence-corrected chi connectivity index (χ3v) is 1.72. The Morgan fingerprint density at radius 1 is 1.53 bits per heavy atom. The van der Waals surface area contributed by atoms with Crippen molar-refractivity contribution in [3.05, 3.63) is 24.0 Å². The Hall–Kier alpha value is -1.59. The highest BCUT2D eigenvalue weighted by Gasteiger charge is 2.34. The molecule has 0 unspecified atom stereocenters. The molecular formula is C9H9F3N2O. The summed E-state index contributed by atoms with van der Waals surface area (Å²) >= 11 is 0. The number of carbonyl (C=O) groups is 1. The molecule has 1 aromatic rings. The number of halogens is 3. The van der Waals surface area contributed by atoms with Crippen LogP contribution in [0.25, 0.3) is 0 Å². The van der Waals surface area contributed by atoms with Crippen molar-refractivity contribution in [2.75, 3.05) is 5.32 Å². The van der Waals surface area contributed by atoms with E-state index < -0.39 is 17.6 Å². The normalized spacial score (nSPS) is 11.2. The number of rotatable bonds is 2. The van der Waals surface area contributed by atoms with E-state index in [2.05, 4.69) is 10.3 Å². The molecule has 0 aromatic carbocycles. The van der Waals surface area contributed by atoms with Crippen molar-refractivity contribution in [1.82, 2.24) is 4.98 Å². The van der Waals surface area contributed by atoms with Gasteiger partial charge in [0.15, 0.2) is 0 Å². The van der Waals surface area contributed by atoms with Gasteiger partial charge < -0.3 is 5.32 Å². The second kappa shape index (κ2) is 4.29. The van der Waals surface area contributed by atoms with Crippen molar-refractivity contribution in [2.24, 2.45) is 0 Å². The first kappa shape index (κ1) is 11.5. The number of nitrogens with one attached hydrogen (secondary N) is 1. The monoisotopic (exact) mass is 218 g/mol. The number of aromatic nitrogens is 1. The predicted molar refractivity (Wildman–Crippen MR) is 48.2 cm³/mol. The summed E-state index contributed by atoms with van der Waals surface area (Å²) in [6.07, 6.45) is -2.50. The van der Waals surface area contributed by atoms with Crippen LogP contribution in [0.1, 0.15) is 18.9 Å². The molecule has 0 bridgehead atoms. The summed E-state index contributed by atoms with van der Waals surface area (Å²) in [6, 6.07) is 1.12. The molecule has 1 N–H and O–H groups in total. The van der Waals surface area contributed by atoms with Crippen molar-refractivity contribution >= 4 is 11.6 Å². The zero-order valence-electron chi connectivity index (χ0n) is 7.93. The van der Waals surface area contributed by atoms with E-state index >= 15 is 0 Å². The molecule has 1 amide bonds. The van der Waals surface area contributed by atoms with Gasteiger partial charge in [0.25, 0.3) is 0 Å². The zero-order chi connectivity index (χ0) is 11.5. The first-order chi connectivity index (χ1) is 6.95. The molecule has 0 aliphatic heterocycles. The van der Waals surface area contributed by atoms with Gasteiger partial charge in [-0.1, -0.05) is 6.92 Å². The first-order valence-corrected chi connectivity index (χ1v) is 4.26. The van der Waals surface area contributed by atoms with Crippen LogP contribution in [0, 0.1) is 0 Å². The van der Waals surface area contributed by atoms with Gasteiger partial charge in [0.2, 0.25) is 5.91 Å².